The predicted molar refractivity (Wildman–Crippen MR) is 127 cm³/mol. The van der Waals surface area contributed by atoms with Crippen LogP contribution in [0.1, 0.15) is 31.9 Å². The van der Waals surface area contributed by atoms with Crippen molar-refractivity contribution in [3.05, 3.63) is 48.0 Å². The molecule has 2 rings (SSSR count). The van der Waals surface area contributed by atoms with Crippen LogP contribution in [0.15, 0.2) is 36.9 Å². The van der Waals surface area contributed by atoms with E-state index in [1.165, 1.54) is 6.33 Å². The molecule has 0 amide bonds. The van der Waals surface area contributed by atoms with Crippen molar-refractivity contribution in [1.82, 2.24) is 14.8 Å². The zero-order valence-electron chi connectivity index (χ0n) is 20.0. The van der Waals surface area contributed by atoms with Crippen LogP contribution in [0.5, 0.6) is 0 Å². The SMILES string of the molecule is COCCOCCOCCOCC#Cc1ccc(/C=C(\C(O)C(C)(C)C)n2cncn2)cc1. The monoisotopic (exact) mass is 457 g/mol. The van der Waals surface area contributed by atoms with E-state index in [4.69, 9.17) is 18.9 Å². The second-order valence-corrected chi connectivity index (χ2v) is 8.37. The van der Waals surface area contributed by atoms with Crippen LogP contribution >= 0.6 is 0 Å². The van der Waals surface area contributed by atoms with Gasteiger partial charge >= 0.3 is 0 Å². The first-order valence-electron chi connectivity index (χ1n) is 11.0. The van der Waals surface area contributed by atoms with Crippen molar-refractivity contribution in [3.63, 3.8) is 0 Å². The number of benzene rings is 1. The largest absolute Gasteiger partial charge is 0.386 e. The minimum Gasteiger partial charge on any atom is -0.386 e. The maximum absolute atomic E-state index is 10.8. The molecule has 1 aromatic carbocycles. The van der Waals surface area contributed by atoms with Gasteiger partial charge in [0.1, 0.15) is 25.4 Å². The van der Waals surface area contributed by atoms with Crippen LogP contribution in [0.2, 0.25) is 0 Å². The molecule has 0 saturated carbocycles. The van der Waals surface area contributed by atoms with Gasteiger partial charge in [0.2, 0.25) is 0 Å². The van der Waals surface area contributed by atoms with Crippen LogP contribution in [0.3, 0.4) is 0 Å². The first kappa shape index (κ1) is 26.7. The number of hydrogen-bond acceptors (Lipinski definition) is 7. The number of aliphatic hydroxyl groups excluding tert-OH is 1. The van der Waals surface area contributed by atoms with Crippen LogP contribution in [-0.2, 0) is 18.9 Å². The highest BCUT2D eigenvalue weighted by Gasteiger charge is 2.27. The Kier molecular flexibility index (Phi) is 11.8. The molecule has 180 valence electrons. The molecule has 0 spiro atoms. The molecule has 1 N–H and O–H groups in total. The summed E-state index contributed by atoms with van der Waals surface area (Å²) in [7, 11) is 1.64. The molecule has 0 radical (unpaired) electrons. The highest BCUT2D eigenvalue weighted by Crippen LogP contribution is 2.28. The van der Waals surface area contributed by atoms with Gasteiger partial charge in [-0.3, -0.25) is 0 Å². The zero-order chi connectivity index (χ0) is 23.9. The number of nitrogens with zero attached hydrogens (tertiary/aromatic N) is 3. The van der Waals surface area contributed by atoms with E-state index in [0.717, 1.165) is 11.1 Å². The van der Waals surface area contributed by atoms with E-state index in [0.29, 0.717) is 51.9 Å². The lowest BCUT2D eigenvalue weighted by Crippen LogP contribution is -2.29. The van der Waals surface area contributed by atoms with E-state index in [9.17, 15) is 5.11 Å². The summed E-state index contributed by atoms with van der Waals surface area (Å²) in [5.41, 5.74) is 2.15. The number of aliphatic hydroxyl groups is 1. The number of ether oxygens (including phenoxy) is 4. The molecule has 0 aliphatic heterocycles. The summed E-state index contributed by atoms with van der Waals surface area (Å²) >= 11 is 0. The second kappa shape index (κ2) is 14.6. The Balaban J connectivity index is 1.79. The first-order valence-corrected chi connectivity index (χ1v) is 11.0. The molecule has 0 fully saturated rings. The Morgan fingerprint density at radius 2 is 1.67 bits per heavy atom. The summed E-state index contributed by atoms with van der Waals surface area (Å²) in [6.07, 6.45) is 4.24. The van der Waals surface area contributed by atoms with Crippen molar-refractivity contribution in [2.45, 2.75) is 26.9 Å². The average molecular weight is 458 g/mol. The Bertz CT molecular complexity index is 878. The number of aromatic nitrogens is 3. The van der Waals surface area contributed by atoms with Gasteiger partial charge in [-0.1, -0.05) is 44.7 Å². The zero-order valence-corrected chi connectivity index (χ0v) is 20.0. The summed E-state index contributed by atoms with van der Waals surface area (Å²) in [5.74, 6) is 6.09. The number of methoxy groups -OCH3 is 1. The van der Waals surface area contributed by atoms with Crippen LogP contribution in [0.25, 0.3) is 11.8 Å². The Morgan fingerprint density at radius 1 is 1.03 bits per heavy atom. The Hall–Kier alpha value is -2.54. The molecule has 1 unspecified atom stereocenters. The fourth-order valence-electron chi connectivity index (χ4n) is 2.73. The molecular weight excluding hydrogens is 422 g/mol. The molecule has 2 aromatic rings. The van der Waals surface area contributed by atoms with Crippen LogP contribution in [0.4, 0.5) is 0 Å². The van der Waals surface area contributed by atoms with Crippen molar-refractivity contribution in [2.75, 3.05) is 53.4 Å². The maximum atomic E-state index is 10.8. The third-order valence-corrected chi connectivity index (χ3v) is 4.59. The molecule has 8 heteroatoms. The molecule has 33 heavy (non-hydrogen) atoms. The molecule has 0 aliphatic rings. The summed E-state index contributed by atoms with van der Waals surface area (Å²) < 4.78 is 22.7. The lowest BCUT2D eigenvalue weighted by Gasteiger charge is -2.27. The lowest BCUT2D eigenvalue weighted by atomic mass is 9.86. The number of hydrogen-bond donors (Lipinski definition) is 1. The fourth-order valence-corrected chi connectivity index (χ4v) is 2.73. The van der Waals surface area contributed by atoms with Crippen LogP contribution in [0, 0.1) is 17.3 Å². The third kappa shape index (κ3) is 10.3. The van der Waals surface area contributed by atoms with Crippen molar-refractivity contribution in [1.29, 1.82) is 0 Å². The summed E-state index contributed by atoms with van der Waals surface area (Å²) in [6.45, 7) is 9.51. The van der Waals surface area contributed by atoms with E-state index >= 15 is 0 Å². The van der Waals surface area contributed by atoms with Gasteiger partial charge in [-0.15, -0.1) is 0 Å². The normalized spacial score (nSPS) is 12.9. The minimum absolute atomic E-state index is 0.337. The van der Waals surface area contributed by atoms with E-state index in [2.05, 4.69) is 21.9 Å². The predicted octanol–water partition coefficient (Wildman–Crippen LogP) is 2.73. The lowest BCUT2D eigenvalue weighted by molar-refractivity contribution is 0.00758. The van der Waals surface area contributed by atoms with Gasteiger partial charge in [-0.2, -0.15) is 5.10 Å². The van der Waals surface area contributed by atoms with E-state index < -0.39 is 6.10 Å². The third-order valence-electron chi connectivity index (χ3n) is 4.59. The maximum Gasteiger partial charge on any atom is 0.138 e. The molecule has 1 aromatic heterocycles. The van der Waals surface area contributed by atoms with Crippen molar-refractivity contribution in [2.24, 2.45) is 5.41 Å². The van der Waals surface area contributed by atoms with Crippen LogP contribution in [-0.4, -0.2) is 79.3 Å². The van der Waals surface area contributed by atoms with Gasteiger partial charge in [0.25, 0.3) is 0 Å². The summed E-state index contributed by atoms with van der Waals surface area (Å²) in [6, 6.07) is 7.79. The minimum atomic E-state index is -0.706. The van der Waals surface area contributed by atoms with Gasteiger partial charge < -0.3 is 24.1 Å². The average Bonchev–Trinajstić information content (AvgIpc) is 3.33. The van der Waals surface area contributed by atoms with E-state index in [1.807, 2.05) is 51.1 Å². The highest BCUT2D eigenvalue weighted by molar-refractivity contribution is 5.73. The topological polar surface area (TPSA) is 87.9 Å². The van der Waals surface area contributed by atoms with E-state index in [-0.39, 0.29) is 5.41 Å². The summed E-state index contributed by atoms with van der Waals surface area (Å²) in [4.78, 5) is 4.00. The second-order valence-electron chi connectivity index (χ2n) is 8.37. The van der Waals surface area contributed by atoms with Crippen molar-refractivity contribution >= 4 is 11.8 Å². The van der Waals surface area contributed by atoms with Crippen molar-refractivity contribution in [3.8, 4) is 11.8 Å². The van der Waals surface area contributed by atoms with Crippen LogP contribution < -0.4 is 0 Å². The first-order chi connectivity index (χ1) is 15.9. The quantitative estimate of drug-likeness (QED) is 0.365. The molecule has 8 nitrogen and oxygen atoms in total. The Labute approximate surface area is 196 Å². The molecule has 0 saturated heterocycles. The van der Waals surface area contributed by atoms with Gasteiger partial charge in [0.05, 0.1) is 45.3 Å². The molecule has 0 aliphatic carbocycles. The number of rotatable bonds is 13. The Morgan fingerprint density at radius 3 is 2.24 bits per heavy atom. The van der Waals surface area contributed by atoms with Gasteiger partial charge in [0, 0.05) is 12.7 Å². The van der Waals surface area contributed by atoms with Crippen molar-refractivity contribution < 1.29 is 24.1 Å². The van der Waals surface area contributed by atoms with Gasteiger partial charge in [0.15, 0.2) is 0 Å². The smallest absolute Gasteiger partial charge is 0.138 e. The standard InChI is InChI=1S/C25H35N3O5/c1-25(2,3)24(29)23(28-20-26-19-27-28)18-22-9-7-21(8-10-22)6-5-11-31-14-15-33-17-16-32-13-12-30-4/h7-10,18-20,24,29H,11-17H2,1-4H3/b23-18+. The summed E-state index contributed by atoms with van der Waals surface area (Å²) in [5, 5.41) is 15.0. The molecule has 0 bridgehead atoms. The highest BCUT2D eigenvalue weighted by atomic mass is 16.6. The van der Waals surface area contributed by atoms with Gasteiger partial charge in [-0.05, 0) is 29.2 Å². The van der Waals surface area contributed by atoms with Gasteiger partial charge in [-0.25, -0.2) is 9.67 Å². The molecule has 1 atom stereocenters. The fraction of sp³-hybridized carbons (Fsp3) is 0.520. The molecular formula is C25H35N3O5. The molecule has 1 heterocycles. The van der Waals surface area contributed by atoms with E-state index in [1.54, 1.807) is 18.1 Å².